The molecule has 0 unspecified atom stereocenters. The third-order valence-corrected chi connectivity index (χ3v) is 1.89. The summed E-state index contributed by atoms with van der Waals surface area (Å²) in [5, 5.41) is 8.65. The third-order valence-electron chi connectivity index (χ3n) is 1.89. The summed E-state index contributed by atoms with van der Waals surface area (Å²) in [4.78, 5) is 20.1. The van der Waals surface area contributed by atoms with Crippen LogP contribution in [0.4, 0.5) is 5.95 Å². The normalized spacial score (nSPS) is 9.33. The van der Waals surface area contributed by atoms with Crippen molar-refractivity contribution in [1.82, 2.24) is 9.97 Å². The standard InChI is InChI=1S/C10H12N4O/c1-2-3-6-14(8-15)10-12-5-4-9(7-11)13-10/h4-5,8H,2-3,6H2,1H3. The highest BCUT2D eigenvalue weighted by molar-refractivity contribution is 5.70. The first-order chi connectivity index (χ1) is 7.31. The van der Waals surface area contributed by atoms with E-state index in [1.807, 2.05) is 13.0 Å². The van der Waals surface area contributed by atoms with Gasteiger partial charge in [0.1, 0.15) is 11.8 Å². The van der Waals surface area contributed by atoms with Crippen LogP contribution in [0, 0.1) is 11.3 Å². The monoisotopic (exact) mass is 204 g/mol. The second kappa shape index (κ2) is 5.70. The van der Waals surface area contributed by atoms with Crippen molar-refractivity contribution in [3.63, 3.8) is 0 Å². The molecule has 5 heteroatoms. The van der Waals surface area contributed by atoms with Crippen molar-refractivity contribution >= 4 is 12.4 Å². The van der Waals surface area contributed by atoms with Gasteiger partial charge in [0.25, 0.3) is 0 Å². The topological polar surface area (TPSA) is 69.9 Å². The molecule has 1 aromatic rings. The predicted octanol–water partition coefficient (Wildman–Crippen LogP) is 1.11. The molecule has 0 aliphatic rings. The van der Waals surface area contributed by atoms with Gasteiger partial charge in [0, 0.05) is 12.7 Å². The van der Waals surface area contributed by atoms with E-state index >= 15 is 0 Å². The van der Waals surface area contributed by atoms with E-state index in [9.17, 15) is 4.79 Å². The number of carbonyl (C=O) groups is 1. The van der Waals surface area contributed by atoms with Crippen molar-refractivity contribution in [1.29, 1.82) is 5.26 Å². The SMILES string of the molecule is CCCCN(C=O)c1nccc(C#N)n1. The summed E-state index contributed by atoms with van der Waals surface area (Å²) in [7, 11) is 0. The Morgan fingerprint density at radius 1 is 1.67 bits per heavy atom. The lowest BCUT2D eigenvalue weighted by Crippen LogP contribution is -2.24. The zero-order valence-corrected chi connectivity index (χ0v) is 8.55. The maximum Gasteiger partial charge on any atom is 0.233 e. The molecule has 0 aliphatic heterocycles. The molecule has 1 amide bonds. The average molecular weight is 204 g/mol. The number of unbranched alkanes of at least 4 members (excludes halogenated alkanes) is 1. The van der Waals surface area contributed by atoms with E-state index in [4.69, 9.17) is 5.26 Å². The Labute approximate surface area is 88.4 Å². The minimum atomic E-state index is 0.267. The number of hydrogen-bond donors (Lipinski definition) is 0. The van der Waals surface area contributed by atoms with Crippen molar-refractivity contribution in [3.8, 4) is 6.07 Å². The maximum absolute atomic E-state index is 10.8. The summed E-state index contributed by atoms with van der Waals surface area (Å²) < 4.78 is 0. The summed E-state index contributed by atoms with van der Waals surface area (Å²) in [5.74, 6) is 0.289. The van der Waals surface area contributed by atoms with Gasteiger partial charge in [0.15, 0.2) is 0 Å². The molecule has 0 N–H and O–H groups in total. The number of aromatic nitrogens is 2. The van der Waals surface area contributed by atoms with E-state index in [0.717, 1.165) is 12.8 Å². The molecule has 1 rings (SSSR count). The van der Waals surface area contributed by atoms with Crippen LogP contribution in [0.5, 0.6) is 0 Å². The number of rotatable bonds is 5. The van der Waals surface area contributed by atoms with Crippen LogP contribution in [0.2, 0.25) is 0 Å². The highest BCUT2D eigenvalue weighted by Crippen LogP contribution is 2.06. The van der Waals surface area contributed by atoms with Gasteiger partial charge in [0.05, 0.1) is 0 Å². The molecule has 0 saturated carbocycles. The van der Waals surface area contributed by atoms with Crippen LogP contribution in [0.3, 0.4) is 0 Å². The zero-order valence-electron chi connectivity index (χ0n) is 8.55. The lowest BCUT2D eigenvalue weighted by molar-refractivity contribution is -0.107. The molecule has 0 radical (unpaired) electrons. The highest BCUT2D eigenvalue weighted by Gasteiger charge is 2.07. The highest BCUT2D eigenvalue weighted by atomic mass is 16.1. The summed E-state index contributed by atoms with van der Waals surface area (Å²) in [5.41, 5.74) is 0.267. The average Bonchev–Trinajstić information content (AvgIpc) is 2.30. The second-order valence-corrected chi connectivity index (χ2v) is 3.01. The van der Waals surface area contributed by atoms with Crippen LogP contribution in [-0.4, -0.2) is 22.9 Å². The summed E-state index contributed by atoms with van der Waals surface area (Å²) in [6.07, 6.45) is 4.04. The molecular weight excluding hydrogens is 192 g/mol. The van der Waals surface area contributed by atoms with Crippen molar-refractivity contribution in [2.45, 2.75) is 19.8 Å². The fraction of sp³-hybridized carbons (Fsp3) is 0.400. The van der Waals surface area contributed by atoms with E-state index in [1.165, 1.54) is 17.2 Å². The van der Waals surface area contributed by atoms with Gasteiger partial charge in [-0.25, -0.2) is 9.97 Å². The number of carbonyl (C=O) groups excluding carboxylic acids is 1. The molecule has 5 nitrogen and oxygen atoms in total. The third kappa shape index (κ3) is 3.02. The Morgan fingerprint density at radius 2 is 2.47 bits per heavy atom. The molecule has 0 atom stereocenters. The molecule has 0 bridgehead atoms. The van der Waals surface area contributed by atoms with Crippen molar-refractivity contribution in [2.24, 2.45) is 0 Å². The molecule has 0 spiro atoms. The van der Waals surface area contributed by atoms with Gasteiger partial charge in [-0.15, -0.1) is 0 Å². The molecule has 15 heavy (non-hydrogen) atoms. The number of hydrogen-bond acceptors (Lipinski definition) is 4. The predicted molar refractivity (Wildman–Crippen MR) is 55.1 cm³/mol. The van der Waals surface area contributed by atoms with Crippen molar-refractivity contribution in [3.05, 3.63) is 18.0 Å². The molecule has 0 aliphatic carbocycles. The number of amides is 1. The summed E-state index contributed by atoms with van der Waals surface area (Å²) in [6.45, 7) is 2.62. The van der Waals surface area contributed by atoms with Gasteiger partial charge in [-0.05, 0) is 12.5 Å². The van der Waals surface area contributed by atoms with Crippen LogP contribution in [0.25, 0.3) is 0 Å². The molecule has 1 heterocycles. The Kier molecular flexibility index (Phi) is 4.23. The fourth-order valence-electron chi connectivity index (χ4n) is 1.08. The van der Waals surface area contributed by atoms with Gasteiger partial charge in [-0.3, -0.25) is 9.69 Å². The number of nitrogens with zero attached hydrogens (tertiary/aromatic N) is 4. The first-order valence-electron chi connectivity index (χ1n) is 4.77. The maximum atomic E-state index is 10.8. The van der Waals surface area contributed by atoms with Crippen molar-refractivity contribution in [2.75, 3.05) is 11.4 Å². The van der Waals surface area contributed by atoms with Gasteiger partial charge in [-0.2, -0.15) is 5.26 Å². The Hall–Kier alpha value is -1.96. The van der Waals surface area contributed by atoms with E-state index in [1.54, 1.807) is 0 Å². The van der Waals surface area contributed by atoms with Crippen molar-refractivity contribution < 1.29 is 4.79 Å². The fourth-order valence-corrected chi connectivity index (χ4v) is 1.08. The zero-order chi connectivity index (χ0) is 11.1. The lowest BCUT2D eigenvalue weighted by atomic mass is 10.3. The van der Waals surface area contributed by atoms with Gasteiger partial charge < -0.3 is 0 Å². The van der Waals surface area contributed by atoms with Crippen LogP contribution in [0.15, 0.2) is 12.3 Å². The number of anilines is 1. The lowest BCUT2D eigenvalue weighted by Gasteiger charge is -2.13. The first kappa shape index (κ1) is 11.1. The molecule has 0 fully saturated rings. The van der Waals surface area contributed by atoms with E-state index in [0.29, 0.717) is 13.0 Å². The Bertz CT molecular complexity index is 372. The van der Waals surface area contributed by atoms with Crippen LogP contribution in [0.1, 0.15) is 25.5 Å². The largest absolute Gasteiger partial charge is 0.283 e. The quantitative estimate of drug-likeness (QED) is 0.673. The smallest absolute Gasteiger partial charge is 0.233 e. The molecular formula is C10H12N4O. The van der Waals surface area contributed by atoms with E-state index in [2.05, 4.69) is 9.97 Å². The Balaban J connectivity index is 2.82. The van der Waals surface area contributed by atoms with Crippen LogP contribution >= 0.6 is 0 Å². The minimum absolute atomic E-state index is 0.267. The number of nitriles is 1. The first-order valence-corrected chi connectivity index (χ1v) is 4.77. The van der Waals surface area contributed by atoms with Gasteiger partial charge in [-0.1, -0.05) is 13.3 Å². The van der Waals surface area contributed by atoms with E-state index in [-0.39, 0.29) is 11.6 Å². The molecule has 0 aromatic carbocycles. The van der Waals surface area contributed by atoms with Gasteiger partial charge in [0.2, 0.25) is 12.4 Å². The van der Waals surface area contributed by atoms with Gasteiger partial charge >= 0.3 is 0 Å². The molecule has 0 saturated heterocycles. The van der Waals surface area contributed by atoms with E-state index < -0.39 is 0 Å². The van der Waals surface area contributed by atoms with Crippen LogP contribution < -0.4 is 4.90 Å². The van der Waals surface area contributed by atoms with Crippen LogP contribution in [-0.2, 0) is 4.79 Å². The Morgan fingerprint density at radius 3 is 3.07 bits per heavy atom. The second-order valence-electron chi connectivity index (χ2n) is 3.01. The minimum Gasteiger partial charge on any atom is -0.283 e. The summed E-state index contributed by atoms with van der Waals surface area (Å²) >= 11 is 0. The molecule has 1 aromatic heterocycles. The molecule has 78 valence electrons. The summed E-state index contributed by atoms with van der Waals surface area (Å²) in [6, 6.07) is 3.41.